The number of aryl methyl sites for hydroxylation is 2. The van der Waals surface area contributed by atoms with E-state index in [1.165, 1.54) is 6.33 Å². The molecular weight excluding hydrogens is 252 g/mol. The summed E-state index contributed by atoms with van der Waals surface area (Å²) in [4.78, 5) is 8.12. The zero-order chi connectivity index (χ0) is 13.1. The zero-order valence-corrected chi connectivity index (χ0v) is 11.4. The minimum absolute atomic E-state index is 0.445. The first kappa shape index (κ1) is 12.8. The molecule has 96 valence electrons. The molecular formula is C12H15ClN4O. The van der Waals surface area contributed by atoms with Crippen LogP contribution in [0.3, 0.4) is 0 Å². The molecule has 0 fully saturated rings. The van der Waals surface area contributed by atoms with Gasteiger partial charge in [0.1, 0.15) is 11.5 Å². The molecule has 2 aromatic heterocycles. The van der Waals surface area contributed by atoms with E-state index in [-0.39, 0.29) is 0 Å². The first-order valence-electron chi connectivity index (χ1n) is 5.79. The van der Waals surface area contributed by atoms with Gasteiger partial charge in [-0.2, -0.15) is 5.10 Å². The molecule has 6 heteroatoms. The van der Waals surface area contributed by atoms with Gasteiger partial charge >= 0.3 is 0 Å². The van der Waals surface area contributed by atoms with E-state index in [4.69, 9.17) is 16.3 Å². The smallest absolute Gasteiger partial charge is 0.229 e. The van der Waals surface area contributed by atoms with Gasteiger partial charge in [-0.25, -0.2) is 14.6 Å². The summed E-state index contributed by atoms with van der Waals surface area (Å²) >= 11 is 6.07. The predicted molar refractivity (Wildman–Crippen MR) is 69.1 cm³/mol. The van der Waals surface area contributed by atoms with E-state index < -0.39 is 0 Å². The molecule has 0 bridgehead atoms. The maximum atomic E-state index is 6.07. The highest BCUT2D eigenvalue weighted by Crippen LogP contribution is 2.27. The van der Waals surface area contributed by atoms with Crippen LogP contribution >= 0.6 is 11.6 Å². The molecule has 0 radical (unpaired) electrons. The molecule has 0 spiro atoms. The molecule has 0 saturated heterocycles. The van der Waals surface area contributed by atoms with Crippen molar-refractivity contribution in [3.05, 3.63) is 28.8 Å². The van der Waals surface area contributed by atoms with Crippen molar-refractivity contribution >= 4 is 11.6 Å². The molecule has 2 heterocycles. The lowest BCUT2D eigenvalue weighted by Gasteiger charge is -2.09. The predicted octanol–water partition coefficient (Wildman–Crippen LogP) is 2.92. The van der Waals surface area contributed by atoms with Crippen LogP contribution in [0.1, 0.15) is 24.6 Å². The van der Waals surface area contributed by atoms with Crippen molar-refractivity contribution in [1.82, 2.24) is 19.7 Å². The van der Waals surface area contributed by atoms with Crippen molar-refractivity contribution in [3.63, 3.8) is 0 Å². The Bertz CT molecular complexity index is 553. The lowest BCUT2D eigenvalue weighted by Crippen LogP contribution is -2.01. The average molecular weight is 267 g/mol. The minimum Gasteiger partial charge on any atom is -0.421 e. The molecule has 0 saturated carbocycles. The Labute approximate surface area is 111 Å². The first-order valence-corrected chi connectivity index (χ1v) is 6.17. The number of rotatable bonds is 4. The van der Waals surface area contributed by atoms with Gasteiger partial charge in [-0.1, -0.05) is 24.9 Å². The third kappa shape index (κ3) is 2.61. The van der Waals surface area contributed by atoms with Crippen LogP contribution in [-0.4, -0.2) is 19.7 Å². The molecule has 0 amide bonds. The van der Waals surface area contributed by atoms with E-state index in [2.05, 4.69) is 22.0 Å². The van der Waals surface area contributed by atoms with Gasteiger partial charge in [0.15, 0.2) is 0 Å². The van der Waals surface area contributed by atoms with Crippen molar-refractivity contribution in [2.24, 2.45) is 7.05 Å². The molecule has 2 rings (SSSR count). The largest absolute Gasteiger partial charge is 0.421 e. The van der Waals surface area contributed by atoms with E-state index in [9.17, 15) is 0 Å². The Kier molecular flexibility index (Phi) is 3.81. The fourth-order valence-corrected chi connectivity index (χ4v) is 1.92. The highest BCUT2D eigenvalue weighted by Gasteiger charge is 2.13. The summed E-state index contributed by atoms with van der Waals surface area (Å²) in [6.07, 6.45) is 3.14. The van der Waals surface area contributed by atoms with Gasteiger partial charge in [0, 0.05) is 13.1 Å². The van der Waals surface area contributed by atoms with Crippen LogP contribution in [0.5, 0.6) is 11.8 Å². The maximum Gasteiger partial charge on any atom is 0.229 e. The average Bonchev–Trinajstić information content (AvgIpc) is 2.62. The monoisotopic (exact) mass is 266 g/mol. The summed E-state index contributed by atoms with van der Waals surface area (Å²) in [5.74, 6) is 1.14. The second-order valence-electron chi connectivity index (χ2n) is 4.05. The molecule has 18 heavy (non-hydrogen) atoms. The molecule has 5 nitrogen and oxygen atoms in total. The van der Waals surface area contributed by atoms with Crippen LogP contribution in [0.15, 0.2) is 12.4 Å². The van der Waals surface area contributed by atoms with E-state index in [0.717, 1.165) is 24.1 Å². The van der Waals surface area contributed by atoms with Crippen LogP contribution < -0.4 is 4.74 Å². The highest BCUT2D eigenvalue weighted by atomic mass is 35.5. The molecule has 0 aromatic carbocycles. The number of ether oxygens (including phenoxy) is 1. The molecule has 0 atom stereocenters. The van der Waals surface area contributed by atoms with Crippen molar-refractivity contribution in [2.45, 2.75) is 26.7 Å². The van der Waals surface area contributed by atoms with Gasteiger partial charge in [-0.15, -0.1) is 0 Å². The Hall–Kier alpha value is -1.62. The Balaban J connectivity index is 2.34. The van der Waals surface area contributed by atoms with Gasteiger partial charge in [0.2, 0.25) is 11.8 Å². The van der Waals surface area contributed by atoms with Crippen LogP contribution in [0, 0.1) is 6.92 Å². The summed E-state index contributed by atoms with van der Waals surface area (Å²) < 4.78 is 7.43. The zero-order valence-electron chi connectivity index (χ0n) is 10.6. The van der Waals surface area contributed by atoms with Crippen LogP contribution in [0.4, 0.5) is 0 Å². The normalized spacial score (nSPS) is 10.7. The van der Waals surface area contributed by atoms with Crippen LogP contribution in [0.25, 0.3) is 0 Å². The Morgan fingerprint density at radius 1 is 1.39 bits per heavy atom. The number of aromatic nitrogens is 4. The van der Waals surface area contributed by atoms with Gasteiger partial charge in [-0.3, -0.25) is 0 Å². The minimum atomic E-state index is 0.445. The number of hydrogen-bond acceptors (Lipinski definition) is 4. The summed E-state index contributed by atoms with van der Waals surface area (Å²) in [5.41, 5.74) is 1.73. The second kappa shape index (κ2) is 5.35. The Morgan fingerprint density at radius 3 is 2.78 bits per heavy atom. The van der Waals surface area contributed by atoms with E-state index >= 15 is 0 Å². The molecule has 2 aromatic rings. The number of nitrogens with zero attached hydrogens (tertiary/aromatic N) is 4. The van der Waals surface area contributed by atoms with Gasteiger partial charge in [-0.05, 0) is 13.3 Å². The SMILES string of the molecule is CCCc1c(Cl)ncnc1Oc1cc(C)nn1C. The second-order valence-corrected chi connectivity index (χ2v) is 4.41. The van der Waals surface area contributed by atoms with Crippen molar-refractivity contribution in [3.8, 4) is 11.8 Å². The molecule has 0 aliphatic carbocycles. The quantitative estimate of drug-likeness (QED) is 0.799. The van der Waals surface area contributed by atoms with E-state index in [1.807, 2.05) is 20.0 Å². The molecule has 0 aliphatic rings. The highest BCUT2D eigenvalue weighted by molar-refractivity contribution is 6.30. The van der Waals surface area contributed by atoms with Gasteiger partial charge < -0.3 is 4.74 Å². The van der Waals surface area contributed by atoms with Crippen molar-refractivity contribution in [1.29, 1.82) is 0 Å². The molecule has 0 N–H and O–H groups in total. The van der Waals surface area contributed by atoms with E-state index in [0.29, 0.717) is 16.9 Å². The van der Waals surface area contributed by atoms with Crippen LogP contribution in [-0.2, 0) is 13.5 Å². The van der Waals surface area contributed by atoms with Crippen molar-refractivity contribution < 1.29 is 4.74 Å². The lowest BCUT2D eigenvalue weighted by atomic mass is 10.2. The molecule has 0 unspecified atom stereocenters. The summed E-state index contributed by atoms with van der Waals surface area (Å²) in [6.45, 7) is 3.98. The Morgan fingerprint density at radius 2 is 2.17 bits per heavy atom. The topological polar surface area (TPSA) is 52.8 Å². The van der Waals surface area contributed by atoms with Crippen LogP contribution in [0.2, 0.25) is 5.15 Å². The summed E-state index contributed by atoms with van der Waals surface area (Å²) in [7, 11) is 1.82. The molecule has 0 aliphatic heterocycles. The third-order valence-electron chi connectivity index (χ3n) is 2.51. The fraction of sp³-hybridized carbons (Fsp3) is 0.417. The van der Waals surface area contributed by atoms with Gasteiger partial charge in [0.25, 0.3) is 0 Å². The standard InChI is InChI=1S/C12H15ClN4O/c1-4-5-9-11(13)14-7-15-12(9)18-10-6-8(2)16-17(10)3/h6-7H,4-5H2,1-3H3. The van der Waals surface area contributed by atoms with Gasteiger partial charge in [0.05, 0.1) is 11.3 Å². The number of halogens is 1. The third-order valence-corrected chi connectivity index (χ3v) is 2.84. The maximum absolute atomic E-state index is 6.07. The first-order chi connectivity index (χ1) is 8.61. The lowest BCUT2D eigenvalue weighted by molar-refractivity contribution is 0.409. The summed E-state index contributed by atoms with van der Waals surface area (Å²) in [5, 5.41) is 4.67. The fourth-order valence-electron chi connectivity index (χ4n) is 1.71. The van der Waals surface area contributed by atoms with Crippen molar-refractivity contribution in [2.75, 3.05) is 0 Å². The number of hydrogen-bond donors (Lipinski definition) is 0. The van der Waals surface area contributed by atoms with E-state index in [1.54, 1.807) is 4.68 Å². The summed E-state index contributed by atoms with van der Waals surface area (Å²) in [6, 6.07) is 1.85.